The van der Waals surface area contributed by atoms with Gasteiger partial charge >= 0.3 is 0 Å². The zero-order valence-electron chi connectivity index (χ0n) is 8.02. The Hall–Kier alpha value is -1.73. The summed E-state index contributed by atoms with van der Waals surface area (Å²) in [7, 11) is 2.95. The van der Waals surface area contributed by atoms with Gasteiger partial charge in [0, 0.05) is 6.07 Å². The lowest BCUT2D eigenvalue weighted by Crippen LogP contribution is -2.01. The summed E-state index contributed by atoms with van der Waals surface area (Å²) in [6, 6.07) is 3.23. The van der Waals surface area contributed by atoms with Crippen molar-refractivity contribution in [2.24, 2.45) is 0 Å². The Morgan fingerprint density at radius 1 is 1.43 bits per heavy atom. The van der Waals surface area contributed by atoms with Gasteiger partial charge < -0.3 is 14.6 Å². The van der Waals surface area contributed by atoms with Gasteiger partial charge in [0.1, 0.15) is 6.10 Å². The second-order valence-electron chi connectivity index (χ2n) is 2.52. The highest BCUT2D eigenvalue weighted by molar-refractivity contribution is 5.35. The van der Waals surface area contributed by atoms with Crippen molar-refractivity contribution in [3.8, 4) is 24.1 Å². The molecule has 0 aromatic carbocycles. The van der Waals surface area contributed by atoms with Crippen LogP contribution in [0.5, 0.6) is 11.8 Å². The van der Waals surface area contributed by atoms with Crippen LogP contribution in [0.3, 0.4) is 0 Å². The van der Waals surface area contributed by atoms with Crippen LogP contribution in [0.1, 0.15) is 11.7 Å². The number of methoxy groups -OCH3 is 2. The lowest BCUT2D eigenvalue weighted by molar-refractivity contribution is 0.230. The van der Waals surface area contributed by atoms with E-state index in [1.807, 2.05) is 0 Å². The third-order valence-electron chi connectivity index (χ3n) is 1.72. The molecule has 0 saturated carbocycles. The minimum Gasteiger partial charge on any atom is -0.481 e. The second kappa shape index (κ2) is 4.49. The zero-order valence-corrected chi connectivity index (χ0v) is 8.02. The molecule has 1 aromatic rings. The highest BCUT2D eigenvalue weighted by Crippen LogP contribution is 2.24. The Bertz CT molecular complexity index is 357. The molecule has 0 unspecified atom stereocenters. The molecule has 1 aromatic heterocycles. The Kier molecular flexibility index (Phi) is 3.32. The Labute approximate surface area is 82.5 Å². The van der Waals surface area contributed by atoms with Crippen molar-refractivity contribution in [2.75, 3.05) is 14.2 Å². The van der Waals surface area contributed by atoms with E-state index >= 15 is 0 Å². The molecule has 0 aliphatic carbocycles. The van der Waals surface area contributed by atoms with Gasteiger partial charge in [-0.3, -0.25) is 0 Å². The molecule has 4 nitrogen and oxygen atoms in total. The predicted octanol–water partition coefficient (Wildman–Crippen LogP) is 0.765. The standard InChI is InChI=1S/C10H11NO3/c1-4-8(12)7-5-6-9(13-2)11-10(7)14-3/h1,5-6,8,12H,2-3H3/t8-/m1/s1. The summed E-state index contributed by atoms with van der Waals surface area (Å²) < 4.78 is 9.86. The number of pyridine rings is 1. The molecule has 74 valence electrons. The molecule has 0 aliphatic heterocycles. The van der Waals surface area contributed by atoms with Gasteiger partial charge in [-0.15, -0.1) is 6.42 Å². The highest BCUT2D eigenvalue weighted by Gasteiger charge is 2.12. The first-order chi connectivity index (χ1) is 6.72. The Balaban J connectivity index is 3.12. The number of aliphatic hydroxyl groups is 1. The maximum absolute atomic E-state index is 9.41. The third-order valence-corrected chi connectivity index (χ3v) is 1.72. The topological polar surface area (TPSA) is 51.6 Å². The minimum absolute atomic E-state index is 0.273. The maximum atomic E-state index is 9.41. The summed E-state index contributed by atoms with van der Waals surface area (Å²) >= 11 is 0. The first kappa shape index (κ1) is 10.4. The third kappa shape index (κ3) is 1.95. The average Bonchev–Trinajstić information content (AvgIpc) is 2.27. The quantitative estimate of drug-likeness (QED) is 0.720. The number of aromatic nitrogens is 1. The monoisotopic (exact) mass is 193 g/mol. The fraction of sp³-hybridized carbons (Fsp3) is 0.300. The number of rotatable bonds is 3. The van der Waals surface area contributed by atoms with E-state index in [1.165, 1.54) is 14.2 Å². The summed E-state index contributed by atoms with van der Waals surface area (Å²) in [6.07, 6.45) is 4.07. The van der Waals surface area contributed by atoms with Gasteiger partial charge in [-0.2, -0.15) is 4.98 Å². The average molecular weight is 193 g/mol. The summed E-state index contributed by atoms with van der Waals surface area (Å²) in [6.45, 7) is 0. The van der Waals surface area contributed by atoms with Crippen LogP contribution in [0.4, 0.5) is 0 Å². The van der Waals surface area contributed by atoms with E-state index in [0.29, 0.717) is 11.4 Å². The van der Waals surface area contributed by atoms with Gasteiger partial charge in [-0.25, -0.2) is 0 Å². The smallest absolute Gasteiger partial charge is 0.223 e. The molecule has 1 rings (SSSR count). The molecule has 0 saturated heterocycles. The lowest BCUT2D eigenvalue weighted by atomic mass is 10.1. The van der Waals surface area contributed by atoms with Crippen LogP contribution in [-0.4, -0.2) is 24.3 Å². The minimum atomic E-state index is -1.01. The van der Waals surface area contributed by atoms with E-state index < -0.39 is 6.10 Å². The number of ether oxygens (including phenoxy) is 2. The molecule has 1 N–H and O–H groups in total. The van der Waals surface area contributed by atoms with Crippen molar-refractivity contribution >= 4 is 0 Å². The molecule has 4 heteroatoms. The zero-order chi connectivity index (χ0) is 10.6. The van der Waals surface area contributed by atoms with Gasteiger partial charge in [-0.05, 0) is 6.07 Å². The molecule has 0 bridgehead atoms. The van der Waals surface area contributed by atoms with E-state index in [-0.39, 0.29) is 5.88 Å². The van der Waals surface area contributed by atoms with Gasteiger partial charge in [-0.1, -0.05) is 5.92 Å². The molecule has 1 atom stereocenters. The number of terminal acetylenes is 1. The molecule has 0 spiro atoms. The summed E-state index contributed by atoms with van der Waals surface area (Å²) in [5.74, 6) is 2.87. The van der Waals surface area contributed by atoms with Gasteiger partial charge in [0.05, 0.1) is 19.8 Å². The van der Waals surface area contributed by atoms with E-state index in [4.69, 9.17) is 15.9 Å². The summed E-state index contributed by atoms with van der Waals surface area (Å²) in [4.78, 5) is 3.98. The first-order valence-electron chi connectivity index (χ1n) is 3.96. The molecule has 0 aliphatic rings. The van der Waals surface area contributed by atoms with Gasteiger partial charge in [0.2, 0.25) is 11.8 Å². The fourth-order valence-electron chi connectivity index (χ4n) is 1.01. The van der Waals surface area contributed by atoms with Crippen LogP contribution in [0.2, 0.25) is 0 Å². The van der Waals surface area contributed by atoms with Crippen LogP contribution in [0.25, 0.3) is 0 Å². The fourth-order valence-corrected chi connectivity index (χ4v) is 1.01. The largest absolute Gasteiger partial charge is 0.481 e. The number of hydrogen-bond acceptors (Lipinski definition) is 4. The van der Waals surface area contributed by atoms with Crippen molar-refractivity contribution in [1.29, 1.82) is 0 Å². The van der Waals surface area contributed by atoms with E-state index in [1.54, 1.807) is 12.1 Å². The summed E-state index contributed by atoms with van der Waals surface area (Å²) in [5.41, 5.74) is 0.454. The molecule has 0 radical (unpaired) electrons. The number of hydrogen-bond donors (Lipinski definition) is 1. The normalized spacial score (nSPS) is 11.6. The van der Waals surface area contributed by atoms with E-state index in [2.05, 4.69) is 10.9 Å². The second-order valence-corrected chi connectivity index (χ2v) is 2.52. The maximum Gasteiger partial charge on any atom is 0.223 e. The lowest BCUT2D eigenvalue weighted by Gasteiger charge is -2.09. The molecule has 1 heterocycles. The predicted molar refractivity (Wildman–Crippen MR) is 51.1 cm³/mol. The van der Waals surface area contributed by atoms with E-state index in [0.717, 1.165) is 0 Å². The van der Waals surface area contributed by atoms with Crippen molar-refractivity contribution in [2.45, 2.75) is 6.10 Å². The van der Waals surface area contributed by atoms with Crippen molar-refractivity contribution < 1.29 is 14.6 Å². The van der Waals surface area contributed by atoms with Gasteiger partial charge in [0.15, 0.2) is 0 Å². The highest BCUT2D eigenvalue weighted by atomic mass is 16.5. The van der Waals surface area contributed by atoms with Crippen LogP contribution in [0, 0.1) is 12.3 Å². The van der Waals surface area contributed by atoms with Crippen LogP contribution in [0.15, 0.2) is 12.1 Å². The van der Waals surface area contributed by atoms with Crippen molar-refractivity contribution in [3.63, 3.8) is 0 Å². The number of aliphatic hydroxyl groups excluding tert-OH is 1. The molecule has 0 amide bonds. The van der Waals surface area contributed by atoms with Gasteiger partial charge in [0.25, 0.3) is 0 Å². The first-order valence-corrected chi connectivity index (χ1v) is 3.96. The van der Waals surface area contributed by atoms with Crippen LogP contribution >= 0.6 is 0 Å². The van der Waals surface area contributed by atoms with Crippen LogP contribution in [-0.2, 0) is 0 Å². The Morgan fingerprint density at radius 3 is 2.64 bits per heavy atom. The summed E-state index contributed by atoms with van der Waals surface area (Å²) in [5, 5.41) is 9.41. The molecule has 14 heavy (non-hydrogen) atoms. The SMILES string of the molecule is C#C[C@@H](O)c1ccc(OC)nc1OC. The molecule has 0 fully saturated rings. The Morgan fingerprint density at radius 2 is 2.14 bits per heavy atom. The van der Waals surface area contributed by atoms with Crippen LogP contribution < -0.4 is 9.47 Å². The number of nitrogens with zero attached hydrogens (tertiary/aromatic N) is 1. The van der Waals surface area contributed by atoms with Crippen molar-refractivity contribution in [3.05, 3.63) is 17.7 Å². The molecular formula is C10H11NO3. The van der Waals surface area contributed by atoms with Crippen molar-refractivity contribution in [1.82, 2.24) is 4.98 Å². The van der Waals surface area contributed by atoms with E-state index in [9.17, 15) is 5.11 Å². The molecular weight excluding hydrogens is 182 g/mol.